The summed E-state index contributed by atoms with van der Waals surface area (Å²) in [5, 5.41) is 2.71. The molecule has 27 heavy (non-hydrogen) atoms. The number of nitrogens with zero attached hydrogens (tertiary/aromatic N) is 1. The van der Waals surface area contributed by atoms with Gasteiger partial charge in [0.25, 0.3) is 5.91 Å². The summed E-state index contributed by atoms with van der Waals surface area (Å²) < 4.78 is 10.9. The number of para-hydroxylation sites is 1. The van der Waals surface area contributed by atoms with E-state index in [9.17, 15) is 9.59 Å². The van der Waals surface area contributed by atoms with Crippen molar-refractivity contribution in [2.75, 3.05) is 5.32 Å². The van der Waals surface area contributed by atoms with Crippen LogP contribution in [0.5, 0.6) is 11.5 Å². The highest BCUT2D eigenvalue weighted by molar-refractivity contribution is 5.97. The van der Waals surface area contributed by atoms with E-state index in [2.05, 4.69) is 10.3 Å². The Morgan fingerprint density at radius 1 is 0.889 bits per heavy atom. The predicted molar refractivity (Wildman–Crippen MR) is 101 cm³/mol. The van der Waals surface area contributed by atoms with Gasteiger partial charge in [0.1, 0.15) is 11.5 Å². The Hall–Kier alpha value is -3.67. The maximum absolute atomic E-state index is 12.2. The van der Waals surface area contributed by atoms with Crippen LogP contribution in [-0.4, -0.2) is 23.0 Å². The van der Waals surface area contributed by atoms with Crippen LogP contribution >= 0.6 is 0 Å². The van der Waals surface area contributed by atoms with Crippen LogP contribution in [0.3, 0.4) is 0 Å². The largest absolute Gasteiger partial charge is 0.457 e. The van der Waals surface area contributed by atoms with E-state index in [0.717, 1.165) is 5.75 Å². The minimum atomic E-state index is -0.939. The summed E-state index contributed by atoms with van der Waals surface area (Å²) in [5.41, 5.74) is 0.916. The number of hydrogen-bond donors (Lipinski definition) is 1. The highest BCUT2D eigenvalue weighted by atomic mass is 16.5. The number of carbonyl (C=O) groups excluding carboxylic acids is 2. The van der Waals surface area contributed by atoms with Crippen LogP contribution in [0.4, 0.5) is 5.69 Å². The number of aromatic nitrogens is 1. The third kappa shape index (κ3) is 5.15. The van der Waals surface area contributed by atoms with Crippen molar-refractivity contribution >= 4 is 17.6 Å². The van der Waals surface area contributed by atoms with Gasteiger partial charge < -0.3 is 14.8 Å². The molecule has 1 unspecified atom stereocenters. The Balaban J connectivity index is 1.55. The summed E-state index contributed by atoms with van der Waals surface area (Å²) in [6, 6.07) is 19.4. The Morgan fingerprint density at radius 3 is 2.19 bits per heavy atom. The molecule has 2 aromatic carbocycles. The summed E-state index contributed by atoms with van der Waals surface area (Å²) in [4.78, 5) is 28.0. The van der Waals surface area contributed by atoms with Crippen molar-refractivity contribution < 1.29 is 19.1 Å². The van der Waals surface area contributed by atoms with E-state index in [-0.39, 0.29) is 0 Å². The maximum Gasteiger partial charge on any atom is 0.339 e. The summed E-state index contributed by atoms with van der Waals surface area (Å²) in [6.45, 7) is 1.52. The molecule has 6 nitrogen and oxygen atoms in total. The van der Waals surface area contributed by atoms with Crippen LogP contribution < -0.4 is 10.1 Å². The van der Waals surface area contributed by atoms with Gasteiger partial charge in [0.05, 0.1) is 5.56 Å². The second-order valence-corrected chi connectivity index (χ2v) is 5.71. The fourth-order valence-corrected chi connectivity index (χ4v) is 2.24. The number of ether oxygens (including phenoxy) is 2. The van der Waals surface area contributed by atoms with E-state index in [1.54, 1.807) is 24.3 Å². The minimum absolute atomic E-state index is 0.340. The normalized spacial score (nSPS) is 11.3. The number of carbonyl (C=O) groups is 2. The van der Waals surface area contributed by atoms with Crippen LogP contribution in [0.25, 0.3) is 0 Å². The summed E-state index contributed by atoms with van der Waals surface area (Å²) in [6.07, 6.45) is 2.03. The number of anilines is 1. The van der Waals surface area contributed by atoms with Crippen molar-refractivity contribution in [1.82, 2.24) is 4.98 Å². The molecule has 1 heterocycles. The van der Waals surface area contributed by atoms with Crippen LogP contribution in [0.1, 0.15) is 17.3 Å². The number of pyridine rings is 1. The highest BCUT2D eigenvalue weighted by Crippen LogP contribution is 2.22. The molecule has 3 rings (SSSR count). The zero-order valence-electron chi connectivity index (χ0n) is 14.7. The molecule has 0 aliphatic heterocycles. The van der Waals surface area contributed by atoms with Crippen LogP contribution in [0.15, 0.2) is 79.1 Å². The van der Waals surface area contributed by atoms with Crippen LogP contribution in [0.2, 0.25) is 0 Å². The van der Waals surface area contributed by atoms with E-state index in [1.165, 1.54) is 31.5 Å². The number of amides is 1. The molecule has 3 aromatic rings. The Bertz CT molecular complexity index is 896. The number of hydrogen-bond acceptors (Lipinski definition) is 5. The molecule has 0 aliphatic carbocycles. The van der Waals surface area contributed by atoms with Crippen LogP contribution in [-0.2, 0) is 9.53 Å². The van der Waals surface area contributed by atoms with Gasteiger partial charge in [0.2, 0.25) is 0 Å². The topological polar surface area (TPSA) is 77.5 Å². The first-order chi connectivity index (χ1) is 13.1. The Morgan fingerprint density at radius 2 is 1.52 bits per heavy atom. The molecule has 136 valence electrons. The SMILES string of the molecule is CC(OC(=O)c1ccncc1)C(=O)Nc1ccc(Oc2ccccc2)cc1. The molecule has 0 spiro atoms. The molecule has 0 bridgehead atoms. The van der Waals surface area contributed by atoms with Gasteiger partial charge in [-0.3, -0.25) is 9.78 Å². The van der Waals surface area contributed by atoms with Gasteiger partial charge >= 0.3 is 5.97 Å². The van der Waals surface area contributed by atoms with E-state index >= 15 is 0 Å². The van der Waals surface area contributed by atoms with Gasteiger partial charge in [0, 0.05) is 18.1 Å². The zero-order chi connectivity index (χ0) is 19.1. The molecule has 6 heteroatoms. The van der Waals surface area contributed by atoms with Crippen LogP contribution in [0, 0.1) is 0 Å². The predicted octanol–water partition coefficient (Wildman–Crippen LogP) is 4.06. The van der Waals surface area contributed by atoms with Gasteiger partial charge in [-0.25, -0.2) is 4.79 Å². The molecule has 0 aliphatic rings. The average molecular weight is 362 g/mol. The number of nitrogens with one attached hydrogen (secondary N) is 1. The lowest BCUT2D eigenvalue weighted by molar-refractivity contribution is -0.123. The van der Waals surface area contributed by atoms with Gasteiger partial charge in [-0.2, -0.15) is 0 Å². The zero-order valence-corrected chi connectivity index (χ0v) is 14.7. The molecule has 0 saturated carbocycles. The summed E-state index contributed by atoms with van der Waals surface area (Å²) in [5.74, 6) is 0.378. The third-order valence-electron chi connectivity index (χ3n) is 3.67. The lowest BCUT2D eigenvalue weighted by Gasteiger charge is -2.14. The van der Waals surface area contributed by atoms with E-state index in [0.29, 0.717) is 17.0 Å². The summed E-state index contributed by atoms with van der Waals surface area (Å²) >= 11 is 0. The quantitative estimate of drug-likeness (QED) is 0.669. The van der Waals surface area contributed by atoms with E-state index < -0.39 is 18.0 Å². The number of esters is 1. The van der Waals surface area contributed by atoms with E-state index in [1.807, 2.05) is 30.3 Å². The molecular formula is C21H18N2O4. The Labute approximate surface area is 156 Å². The highest BCUT2D eigenvalue weighted by Gasteiger charge is 2.19. The Kier molecular flexibility index (Phi) is 5.79. The first-order valence-corrected chi connectivity index (χ1v) is 8.36. The fraction of sp³-hybridized carbons (Fsp3) is 0.0952. The smallest absolute Gasteiger partial charge is 0.339 e. The second kappa shape index (κ2) is 8.62. The monoisotopic (exact) mass is 362 g/mol. The second-order valence-electron chi connectivity index (χ2n) is 5.71. The third-order valence-corrected chi connectivity index (χ3v) is 3.67. The first kappa shape index (κ1) is 18.1. The number of benzene rings is 2. The first-order valence-electron chi connectivity index (χ1n) is 8.36. The summed E-state index contributed by atoms with van der Waals surface area (Å²) in [7, 11) is 0. The molecule has 1 amide bonds. The van der Waals surface area contributed by atoms with Gasteiger partial charge in [-0.15, -0.1) is 0 Å². The van der Waals surface area contributed by atoms with Crippen molar-refractivity contribution in [1.29, 1.82) is 0 Å². The van der Waals surface area contributed by atoms with Crippen molar-refractivity contribution in [3.05, 3.63) is 84.7 Å². The fourth-order valence-electron chi connectivity index (χ4n) is 2.24. The lowest BCUT2D eigenvalue weighted by Crippen LogP contribution is -2.30. The van der Waals surface area contributed by atoms with Crippen molar-refractivity contribution in [2.24, 2.45) is 0 Å². The van der Waals surface area contributed by atoms with Gasteiger partial charge in [-0.05, 0) is 55.5 Å². The lowest BCUT2D eigenvalue weighted by atomic mass is 10.2. The minimum Gasteiger partial charge on any atom is -0.457 e. The van der Waals surface area contributed by atoms with Crippen molar-refractivity contribution in [3.63, 3.8) is 0 Å². The van der Waals surface area contributed by atoms with Gasteiger partial charge in [0.15, 0.2) is 6.10 Å². The molecule has 0 radical (unpaired) electrons. The maximum atomic E-state index is 12.2. The molecule has 1 aromatic heterocycles. The molecule has 1 atom stereocenters. The van der Waals surface area contributed by atoms with Crippen molar-refractivity contribution in [3.8, 4) is 11.5 Å². The average Bonchev–Trinajstić information content (AvgIpc) is 2.71. The molecule has 0 fully saturated rings. The molecule has 0 saturated heterocycles. The van der Waals surface area contributed by atoms with E-state index in [4.69, 9.17) is 9.47 Å². The molecule has 1 N–H and O–H groups in total. The molecular weight excluding hydrogens is 344 g/mol. The van der Waals surface area contributed by atoms with Gasteiger partial charge in [-0.1, -0.05) is 18.2 Å². The standard InChI is InChI=1S/C21H18N2O4/c1-15(26-21(25)16-11-13-22-14-12-16)20(24)23-17-7-9-19(10-8-17)27-18-5-3-2-4-6-18/h2-15H,1H3,(H,23,24). The number of rotatable bonds is 6. The van der Waals surface area contributed by atoms with Crippen molar-refractivity contribution in [2.45, 2.75) is 13.0 Å².